The van der Waals surface area contributed by atoms with Gasteiger partial charge in [-0.25, -0.2) is 4.79 Å². The molecule has 4 N–H and O–H groups in total. The number of rotatable bonds is 9. The maximum atomic E-state index is 13.0. The first-order valence-electron chi connectivity index (χ1n) is 10.7. The molecular formula is C23H31N3O7. The summed E-state index contributed by atoms with van der Waals surface area (Å²) < 4.78 is 21.6. The van der Waals surface area contributed by atoms with Crippen molar-refractivity contribution >= 4 is 5.91 Å². The third-order valence-electron chi connectivity index (χ3n) is 5.90. The van der Waals surface area contributed by atoms with Crippen LogP contribution in [0.5, 0.6) is 23.0 Å². The van der Waals surface area contributed by atoms with Gasteiger partial charge in [-0.1, -0.05) is 6.07 Å². The molecule has 0 saturated carbocycles. The molecule has 180 valence electrons. The molecule has 0 spiro atoms. The second kappa shape index (κ2) is 10.6. The fourth-order valence-electron chi connectivity index (χ4n) is 4.09. The minimum Gasteiger partial charge on any atom is -0.507 e. The van der Waals surface area contributed by atoms with Crippen LogP contribution >= 0.6 is 0 Å². The van der Waals surface area contributed by atoms with Gasteiger partial charge in [0, 0.05) is 49.0 Å². The van der Waals surface area contributed by atoms with E-state index in [2.05, 4.69) is 16.2 Å². The van der Waals surface area contributed by atoms with Crippen LogP contribution < -0.4 is 36.0 Å². The monoisotopic (exact) mass is 461 g/mol. The molecule has 1 aliphatic rings. The minimum atomic E-state index is -0.853. The number of methoxy groups -OCH3 is 3. The van der Waals surface area contributed by atoms with Crippen LogP contribution in [-0.4, -0.2) is 51.5 Å². The maximum Gasteiger partial charge on any atom is 0.343 e. The van der Waals surface area contributed by atoms with E-state index in [1.54, 1.807) is 19.1 Å². The molecule has 33 heavy (non-hydrogen) atoms. The zero-order valence-electron chi connectivity index (χ0n) is 19.5. The summed E-state index contributed by atoms with van der Waals surface area (Å²) in [7, 11) is 4.42. The van der Waals surface area contributed by atoms with E-state index >= 15 is 0 Å². The lowest BCUT2D eigenvalue weighted by molar-refractivity contribution is -0.121. The van der Waals surface area contributed by atoms with Gasteiger partial charge < -0.3 is 29.1 Å². The normalized spacial score (nSPS) is 18.6. The molecule has 1 aliphatic heterocycles. The van der Waals surface area contributed by atoms with Gasteiger partial charge in [-0.15, -0.1) is 0 Å². The van der Waals surface area contributed by atoms with Crippen LogP contribution in [0.1, 0.15) is 36.1 Å². The molecule has 3 atom stereocenters. The van der Waals surface area contributed by atoms with Gasteiger partial charge >= 0.3 is 5.63 Å². The van der Waals surface area contributed by atoms with E-state index in [0.29, 0.717) is 29.4 Å². The van der Waals surface area contributed by atoms with E-state index in [1.807, 2.05) is 6.92 Å². The van der Waals surface area contributed by atoms with Crippen molar-refractivity contribution in [3.05, 3.63) is 45.5 Å². The lowest BCUT2D eigenvalue weighted by Gasteiger charge is -2.23. The summed E-state index contributed by atoms with van der Waals surface area (Å²) in [5.74, 6) is 0.138. The topological polar surface area (TPSA) is 131 Å². The number of aromatic hydroxyl groups is 1. The van der Waals surface area contributed by atoms with Gasteiger partial charge in [0.1, 0.15) is 11.5 Å². The Morgan fingerprint density at radius 2 is 1.97 bits per heavy atom. The molecule has 10 heteroatoms. The fourth-order valence-corrected chi connectivity index (χ4v) is 4.09. The predicted octanol–water partition coefficient (Wildman–Crippen LogP) is 1.43. The van der Waals surface area contributed by atoms with Crippen molar-refractivity contribution in [2.45, 2.75) is 32.2 Å². The number of nitrogens with one attached hydrogen (secondary N) is 3. The van der Waals surface area contributed by atoms with Crippen LogP contribution in [0.2, 0.25) is 0 Å². The summed E-state index contributed by atoms with van der Waals surface area (Å²) in [6, 6.07) is 4.91. The Morgan fingerprint density at radius 1 is 1.24 bits per heavy atom. The highest BCUT2D eigenvalue weighted by molar-refractivity contribution is 5.78. The summed E-state index contributed by atoms with van der Waals surface area (Å²) >= 11 is 0. The SMILES string of the molecule is COc1ccc(C(CC(=O)NCC2CNNC2C)c2c(O)cc(C)oc2=O)c(OC)c1OC. The van der Waals surface area contributed by atoms with Gasteiger partial charge in [-0.05, 0) is 19.9 Å². The molecule has 0 bridgehead atoms. The average Bonchev–Trinajstić information content (AvgIpc) is 3.19. The van der Waals surface area contributed by atoms with Crippen LogP contribution in [0.4, 0.5) is 0 Å². The second-order valence-corrected chi connectivity index (χ2v) is 8.00. The quantitative estimate of drug-likeness (QED) is 0.438. The van der Waals surface area contributed by atoms with Gasteiger partial charge in [-0.2, -0.15) is 0 Å². The first-order chi connectivity index (χ1) is 15.8. The lowest BCUT2D eigenvalue weighted by atomic mass is 9.87. The van der Waals surface area contributed by atoms with Gasteiger partial charge in [0.25, 0.3) is 0 Å². The number of hydrogen-bond acceptors (Lipinski definition) is 9. The fraction of sp³-hybridized carbons (Fsp3) is 0.478. The third kappa shape index (κ3) is 5.23. The number of hydrogen-bond donors (Lipinski definition) is 4. The molecule has 1 fully saturated rings. The number of carbonyl (C=O) groups excluding carboxylic acids is 1. The lowest BCUT2D eigenvalue weighted by Crippen LogP contribution is -2.36. The standard InChI is InChI=1S/C23H31N3O7/c1-12-8-17(27)20(23(29)33-12)16(9-19(28)24-10-14-11-25-26-13(14)2)15-6-7-18(30-3)22(32-5)21(15)31-4/h6-8,13-14,16,25-27H,9-11H2,1-5H3,(H,24,28). The van der Waals surface area contributed by atoms with Crippen LogP contribution in [-0.2, 0) is 4.79 Å². The molecule has 0 aliphatic carbocycles. The van der Waals surface area contributed by atoms with E-state index in [4.69, 9.17) is 18.6 Å². The van der Waals surface area contributed by atoms with Crippen molar-refractivity contribution < 1.29 is 28.5 Å². The Kier molecular flexibility index (Phi) is 7.83. The summed E-state index contributed by atoms with van der Waals surface area (Å²) in [5, 5.41) is 13.6. The van der Waals surface area contributed by atoms with E-state index < -0.39 is 11.5 Å². The Bertz CT molecular complexity index is 1050. The first kappa shape index (κ1) is 24.4. The van der Waals surface area contributed by atoms with E-state index in [1.165, 1.54) is 27.4 Å². The van der Waals surface area contributed by atoms with Gasteiger partial charge in [0.2, 0.25) is 11.7 Å². The molecule has 1 aromatic carbocycles. The molecule has 3 rings (SSSR count). The Morgan fingerprint density at radius 3 is 2.55 bits per heavy atom. The van der Waals surface area contributed by atoms with E-state index in [-0.39, 0.29) is 41.4 Å². The van der Waals surface area contributed by atoms with Crippen LogP contribution in [0.25, 0.3) is 0 Å². The van der Waals surface area contributed by atoms with Crippen molar-refractivity contribution in [1.29, 1.82) is 0 Å². The molecule has 1 aromatic heterocycles. The maximum absolute atomic E-state index is 13.0. The molecular weight excluding hydrogens is 430 g/mol. The Balaban J connectivity index is 2.02. The number of ether oxygens (including phenoxy) is 3. The van der Waals surface area contributed by atoms with Crippen molar-refractivity contribution in [1.82, 2.24) is 16.2 Å². The number of aryl methyl sites for hydroxylation is 1. The molecule has 1 amide bonds. The zero-order chi connectivity index (χ0) is 24.1. The first-order valence-corrected chi connectivity index (χ1v) is 10.7. The minimum absolute atomic E-state index is 0.0289. The highest BCUT2D eigenvalue weighted by Gasteiger charge is 2.31. The van der Waals surface area contributed by atoms with Crippen LogP contribution in [0, 0.1) is 12.8 Å². The van der Waals surface area contributed by atoms with Gasteiger partial charge in [0.05, 0.1) is 26.9 Å². The summed E-state index contributed by atoms with van der Waals surface area (Å²) in [6.07, 6.45) is -0.116. The number of amides is 1. The van der Waals surface area contributed by atoms with Crippen molar-refractivity contribution in [3.63, 3.8) is 0 Å². The average molecular weight is 462 g/mol. The smallest absolute Gasteiger partial charge is 0.343 e. The molecule has 2 heterocycles. The molecule has 1 saturated heterocycles. The van der Waals surface area contributed by atoms with Crippen LogP contribution in [0.3, 0.4) is 0 Å². The Hall–Kier alpha value is -3.24. The molecule has 10 nitrogen and oxygen atoms in total. The largest absolute Gasteiger partial charge is 0.507 e. The third-order valence-corrected chi connectivity index (χ3v) is 5.90. The highest BCUT2D eigenvalue weighted by Crippen LogP contribution is 2.45. The summed E-state index contributed by atoms with van der Waals surface area (Å²) in [5.41, 5.74) is 5.91. The predicted molar refractivity (Wildman–Crippen MR) is 121 cm³/mol. The number of carbonyl (C=O) groups is 1. The van der Waals surface area contributed by atoms with E-state index in [9.17, 15) is 14.7 Å². The highest BCUT2D eigenvalue weighted by atomic mass is 16.5. The molecule has 0 radical (unpaired) electrons. The summed E-state index contributed by atoms with van der Waals surface area (Å²) in [6.45, 7) is 4.79. The van der Waals surface area contributed by atoms with Crippen molar-refractivity contribution in [2.75, 3.05) is 34.4 Å². The number of benzene rings is 1. The van der Waals surface area contributed by atoms with Crippen molar-refractivity contribution in [2.24, 2.45) is 5.92 Å². The zero-order valence-corrected chi connectivity index (χ0v) is 19.5. The van der Waals surface area contributed by atoms with Crippen molar-refractivity contribution in [3.8, 4) is 23.0 Å². The van der Waals surface area contributed by atoms with E-state index in [0.717, 1.165) is 6.54 Å². The Labute approximate surface area is 192 Å². The van der Waals surface area contributed by atoms with Crippen LogP contribution in [0.15, 0.2) is 27.4 Å². The second-order valence-electron chi connectivity index (χ2n) is 8.00. The molecule has 3 unspecified atom stereocenters. The van der Waals surface area contributed by atoms with Gasteiger partial charge in [0.15, 0.2) is 11.5 Å². The number of hydrazine groups is 1. The molecule has 2 aromatic rings. The van der Waals surface area contributed by atoms with Gasteiger partial charge in [-0.3, -0.25) is 15.6 Å². The summed E-state index contributed by atoms with van der Waals surface area (Å²) in [4.78, 5) is 25.7.